The number of sulfone groups is 1. The molecule has 0 saturated carbocycles. The van der Waals surface area contributed by atoms with Crippen molar-refractivity contribution in [1.82, 2.24) is 0 Å². The van der Waals surface area contributed by atoms with Gasteiger partial charge in [0, 0.05) is 16.8 Å². The number of phenolic OH excluding ortho intramolecular Hbond substituents is 1. The first-order valence-corrected chi connectivity index (χ1v) is 11.2. The second-order valence-corrected chi connectivity index (χ2v) is 9.39. The van der Waals surface area contributed by atoms with Crippen LogP contribution in [0.15, 0.2) is 64.4 Å². The molecule has 3 rings (SSSR count). The summed E-state index contributed by atoms with van der Waals surface area (Å²) in [5.41, 5.74) is 0.0106. The topological polar surface area (TPSA) is 130 Å². The van der Waals surface area contributed by atoms with Crippen LogP contribution in [0.4, 0.5) is 5.69 Å². The second kappa shape index (κ2) is 9.25. The number of carbonyl (C=O) groups excluding carboxylic acids is 1. The Labute approximate surface area is 196 Å². The van der Waals surface area contributed by atoms with Crippen LogP contribution in [0.25, 0.3) is 0 Å². The van der Waals surface area contributed by atoms with Crippen LogP contribution in [-0.4, -0.2) is 30.5 Å². The van der Waals surface area contributed by atoms with Crippen molar-refractivity contribution < 1.29 is 33.0 Å². The van der Waals surface area contributed by atoms with E-state index in [1.165, 1.54) is 42.5 Å². The highest BCUT2D eigenvalue weighted by atomic mass is 35.5. The molecule has 0 aliphatic carbocycles. The van der Waals surface area contributed by atoms with Gasteiger partial charge in [-0.25, -0.2) is 13.2 Å². The number of phenols is 1. The third-order valence-electron chi connectivity index (χ3n) is 4.02. The number of benzene rings is 3. The predicted octanol–water partition coefficient (Wildman–Crippen LogP) is 5.00. The Morgan fingerprint density at radius 3 is 2.06 bits per heavy atom. The number of amides is 1. The lowest BCUT2D eigenvalue weighted by Gasteiger charge is -2.13. The Bertz CT molecular complexity index is 1300. The lowest BCUT2D eigenvalue weighted by molar-refractivity contribution is -0.147. The fourth-order valence-corrected chi connectivity index (χ4v) is 4.60. The Balaban J connectivity index is 1.95. The van der Waals surface area contributed by atoms with Crippen LogP contribution in [0.2, 0.25) is 15.1 Å². The third-order valence-corrected chi connectivity index (χ3v) is 6.63. The number of hydrogen-bond donors (Lipinski definition) is 3. The minimum Gasteiger partial charge on any atom is -0.507 e. The van der Waals surface area contributed by atoms with Crippen LogP contribution in [-0.2, 0) is 19.4 Å². The summed E-state index contributed by atoms with van der Waals surface area (Å²) in [6, 6.07) is 11.3. The van der Waals surface area contributed by atoms with Gasteiger partial charge < -0.3 is 20.3 Å². The molecular weight excluding hydrogens is 505 g/mol. The normalized spacial score (nSPS) is 11.1. The number of nitrogens with one attached hydrogen (secondary N) is 1. The Morgan fingerprint density at radius 2 is 1.50 bits per heavy atom. The standard InChI is InChI=1S/C20H12Cl3NO7S/c21-10-1-4-13(5-2-10)32(29,30)17-9-12(3-6-16(17)25)31-18-14(22)7-11(8-15(18)23)24-19(26)20(27)28/h1-9,25H,(H,24,26)(H,27,28). The monoisotopic (exact) mass is 515 g/mol. The minimum absolute atomic E-state index is 0.0106. The largest absolute Gasteiger partial charge is 0.507 e. The van der Waals surface area contributed by atoms with Gasteiger partial charge >= 0.3 is 11.9 Å². The number of anilines is 1. The van der Waals surface area contributed by atoms with Crippen LogP contribution in [0, 0.1) is 0 Å². The Morgan fingerprint density at radius 1 is 0.906 bits per heavy atom. The molecule has 3 N–H and O–H groups in total. The van der Waals surface area contributed by atoms with E-state index in [4.69, 9.17) is 44.6 Å². The summed E-state index contributed by atoms with van der Waals surface area (Å²) in [4.78, 5) is 21.4. The van der Waals surface area contributed by atoms with Gasteiger partial charge in [-0.15, -0.1) is 0 Å². The lowest BCUT2D eigenvalue weighted by Crippen LogP contribution is -2.21. The molecule has 0 spiro atoms. The molecule has 0 fully saturated rings. The third kappa shape index (κ3) is 5.08. The van der Waals surface area contributed by atoms with Crippen LogP contribution < -0.4 is 10.1 Å². The fourth-order valence-electron chi connectivity index (χ4n) is 2.55. The van der Waals surface area contributed by atoms with E-state index < -0.39 is 32.4 Å². The Kier molecular flexibility index (Phi) is 6.85. The molecule has 0 unspecified atom stereocenters. The molecular formula is C20H12Cl3NO7S. The number of carboxylic acids is 1. The molecule has 0 radical (unpaired) electrons. The van der Waals surface area contributed by atoms with Crippen molar-refractivity contribution >= 4 is 62.2 Å². The molecule has 0 aliphatic heterocycles. The summed E-state index contributed by atoms with van der Waals surface area (Å²) < 4.78 is 31.4. The number of carboxylic acid groups (broad SMARTS) is 1. The maximum Gasteiger partial charge on any atom is 0.394 e. The molecule has 166 valence electrons. The average Bonchev–Trinajstić information content (AvgIpc) is 2.72. The molecule has 3 aromatic carbocycles. The van der Waals surface area contributed by atoms with E-state index in [2.05, 4.69) is 5.32 Å². The van der Waals surface area contributed by atoms with Crippen LogP contribution in [0.5, 0.6) is 17.2 Å². The number of hydrogen-bond acceptors (Lipinski definition) is 6. The Hall–Kier alpha value is -2.98. The summed E-state index contributed by atoms with van der Waals surface area (Å²) in [6.07, 6.45) is 0. The van der Waals surface area contributed by atoms with Crippen molar-refractivity contribution in [2.24, 2.45) is 0 Å². The highest BCUT2D eigenvalue weighted by Crippen LogP contribution is 2.40. The van der Waals surface area contributed by atoms with E-state index in [1.54, 1.807) is 0 Å². The van der Waals surface area contributed by atoms with E-state index in [0.717, 1.165) is 12.1 Å². The van der Waals surface area contributed by atoms with Crippen molar-refractivity contribution in [3.63, 3.8) is 0 Å². The molecule has 0 heterocycles. The van der Waals surface area contributed by atoms with Gasteiger partial charge in [0.15, 0.2) is 5.75 Å². The molecule has 0 saturated heterocycles. The zero-order valence-electron chi connectivity index (χ0n) is 15.7. The summed E-state index contributed by atoms with van der Waals surface area (Å²) in [5.74, 6) is -3.59. The molecule has 8 nitrogen and oxygen atoms in total. The van der Waals surface area contributed by atoms with Gasteiger partial charge in [-0.1, -0.05) is 34.8 Å². The van der Waals surface area contributed by atoms with Gasteiger partial charge in [0.05, 0.1) is 14.9 Å². The fraction of sp³-hybridized carbons (Fsp3) is 0. The van der Waals surface area contributed by atoms with E-state index in [9.17, 15) is 23.1 Å². The molecule has 0 atom stereocenters. The van der Waals surface area contributed by atoms with Gasteiger partial charge in [-0.05, 0) is 48.5 Å². The number of ether oxygens (including phenoxy) is 1. The number of aliphatic carboxylic acids is 1. The highest BCUT2D eigenvalue weighted by molar-refractivity contribution is 7.91. The van der Waals surface area contributed by atoms with Gasteiger partial charge in [0.1, 0.15) is 16.4 Å². The maximum absolute atomic E-state index is 12.9. The molecule has 12 heteroatoms. The van der Waals surface area contributed by atoms with Crippen molar-refractivity contribution in [3.05, 3.63) is 69.7 Å². The van der Waals surface area contributed by atoms with Crippen LogP contribution >= 0.6 is 34.8 Å². The summed E-state index contributed by atoms with van der Waals surface area (Å²) in [5, 5.41) is 21.0. The van der Waals surface area contributed by atoms with Gasteiger partial charge in [0.2, 0.25) is 9.84 Å². The zero-order valence-corrected chi connectivity index (χ0v) is 18.8. The molecule has 0 bridgehead atoms. The number of aromatic hydroxyl groups is 1. The zero-order chi connectivity index (χ0) is 23.6. The van der Waals surface area contributed by atoms with Crippen molar-refractivity contribution in [3.8, 4) is 17.2 Å². The SMILES string of the molecule is O=C(O)C(=O)Nc1cc(Cl)c(Oc2ccc(O)c(S(=O)(=O)c3ccc(Cl)cc3)c2)c(Cl)c1. The van der Waals surface area contributed by atoms with Crippen molar-refractivity contribution in [1.29, 1.82) is 0 Å². The van der Waals surface area contributed by atoms with Gasteiger partial charge in [-0.3, -0.25) is 4.79 Å². The first kappa shape index (κ1) is 23.7. The predicted molar refractivity (Wildman–Crippen MR) is 118 cm³/mol. The van der Waals surface area contributed by atoms with Gasteiger partial charge in [0.25, 0.3) is 0 Å². The summed E-state index contributed by atoms with van der Waals surface area (Å²) in [7, 11) is -4.11. The van der Waals surface area contributed by atoms with E-state index in [-0.39, 0.29) is 32.1 Å². The average molecular weight is 517 g/mol. The second-order valence-electron chi connectivity index (χ2n) is 6.22. The molecule has 0 aromatic heterocycles. The smallest absolute Gasteiger partial charge is 0.394 e. The van der Waals surface area contributed by atoms with Gasteiger partial charge in [-0.2, -0.15) is 0 Å². The van der Waals surface area contributed by atoms with Crippen molar-refractivity contribution in [2.45, 2.75) is 9.79 Å². The summed E-state index contributed by atoms with van der Waals surface area (Å²) in [6.45, 7) is 0. The van der Waals surface area contributed by atoms with Crippen LogP contribution in [0.1, 0.15) is 0 Å². The maximum atomic E-state index is 12.9. The van der Waals surface area contributed by atoms with Crippen LogP contribution in [0.3, 0.4) is 0 Å². The summed E-state index contributed by atoms with van der Waals surface area (Å²) >= 11 is 18.1. The molecule has 3 aromatic rings. The number of carbonyl (C=O) groups is 2. The van der Waals surface area contributed by atoms with E-state index in [0.29, 0.717) is 5.02 Å². The minimum atomic E-state index is -4.11. The van der Waals surface area contributed by atoms with E-state index in [1.807, 2.05) is 0 Å². The highest BCUT2D eigenvalue weighted by Gasteiger charge is 2.23. The lowest BCUT2D eigenvalue weighted by atomic mass is 10.2. The quantitative estimate of drug-likeness (QED) is 0.407. The first-order valence-electron chi connectivity index (χ1n) is 8.54. The molecule has 32 heavy (non-hydrogen) atoms. The van der Waals surface area contributed by atoms with E-state index >= 15 is 0 Å². The number of rotatable bonds is 5. The number of halogens is 3. The first-order chi connectivity index (χ1) is 15.0. The molecule has 1 amide bonds. The van der Waals surface area contributed by atoms with Crippen molar-refractivity contribution in [2.75, 3.05) is 5.32 Å². The molecule has 0 aliphatic rings.